The van der Waals surface area contributed by atoms with Gasteiger partial charge in [0.2, 0.25) is 0 Å². The average Bonchev–Trinajstić information content (AvgIpc) is 2.84. The van der Waals surface area contributed by atoms with Crippen LogP contribution in [0.1, 0.15) is 38.8 Å². The Bertz CT molecular complexity index is 476. The number of hydrogen-bond acceptors (Lipinski definition) is 1. The molecule has 2 aromatic carbocycles. The fourth-order valence-electron chi connectivity index (χ4n) is 2.27. The molecule has 0 fully saturated rings. The van der Waals surface area contributed by atoms with E-state index in [1.54, 1.807) is 0 Å². The van der Waals surface area contributed by atoms with Crippen molar-refractivity contribution in [3.05, 3.63) is 41.5 Å². The largest absolute Gasteiger partial charge is 0.398 e. The van der Waals surface area contributed by atoms with Crippen LogP contribution < -0.4 is 5.73 Å². The summed E-state index contributed by atoms with van der Waals surface area (Å²) in [6.07, 6.45) is 2.35. The van der Waals surface area contributed by atoms with Crippen molar-refractivity contribution in [2.75, 3.05) is 5.73 Å². The summed E-state index contributed by atoms with van der Waals surface area (Å²) in [5, 5.41) is 2.63. The second-order valence-corrected chi connectivity index (χ2v) is 3.65. The second-order valence-electron chi connectivity index (χ2n) is 3.65. The van der Waals surface area contributed by atoms with Gasteiger partial charge in [-0.3, -0.25) is 0 Å². The summed E-state index contributed by atoms with van der Waals surface area (Å²) in [4.78, 5) is 0. The minimum absolute atomic E-state index is 0.905. The van der Waals surface area contributed by atoms with E-state index in [1.807, 2.05) is 33.8 Å². The Balaban J connectivity index is 0.000000330. The SMILES string of the molecule is CC.CC.Nc1ccc2c3c(cccc13)CC2. The van der Waals surface area contributed by atoms with Crippen LogP contribution in [0.3, 0.4) is 0 Å². The molecule has 0 aromatic heterocycles. The van der Waals surface area contributed by atoms with Gasteiger partial charge in [-0.15, -0.1) is 0 Å². The number of nitrogens with two attached hydrogens (primary N) is 1. The maximum atomic E-state index is 5.92. The molecule has 0 spiro atoms. The highest BCUT2D eigenvalue weighted by molar-refractivity contribution is 5.98. The van der Waals surface area contributed by atoms with Gasteiger partial charge in [-0.05, 0) is 35.4 Å². The molecule has 3 rings (SSSR count). The maximum absolute atomic E-state index is 5.92. The normalized spacial score (nSPS) is 11.3. The molecule has 1 aliphatic carbocycles. The van der Waals surface area contributed by atoms with Gasteiger partial charge < -0.3 is 5.73 Å². The van der Waals surface area contributed by atoms with Crippen molar-refractivity contribution in [2.24, 2.45) is 0 Å². The molecule has 1 nitrogen and oxygen atoms in total. The van der Waals surface area contributed by atoms with Gasteiger partial charge in [0.25, 0.3) is 0 Å². The zero-order valence-corrected chi connectivity index (χ0v) is 11.4. The lowest BCUT2D eigenvalue weighted by Crippen LogP contribution is -1.88. The quantitative estimate of drug-likeness (QED) is 0.658. The lowest BCUT2D eigenvalue weighted by atomic mass is 10.0. The topological polar surface area (TPSA) is 26.0 Å². The highest BCUT2D eigenvalue weighted by Gasteiger charge is 2.14. The fourth-order valence-corrected chi connectivity index (χ4v) is 2.27. The van der Waals surface area contributed by atoms with E-state index in [4.69, 9.17) is 5.73 Å². The van der Waals surface area contributed by atoms with Crippen molar-refractivity contribution in [2.45, 2.75) is 40.5 Å². The van der Waals surface area contributed by atoms with Crippen LogP contribution in [0.2, 0.25) is 0 Å². The van der Waals surface area contributed by atoms with Crippen LogP contribution in [0.25, 0.3) is 10.8 Å². The Morgan fingerprint density at radius 2 is 1.41 bits per heavy atom. The number of rotatable bonds is 0. The molecule has 17 heavy (non-hydrogen) atoms. The molecule has 0 unspecified atom stereocenters. The summed E-state index contributed by atoms with van der Waals surface area (Å²) >= 11 is 0. The Labute approximate surface area is 105 Å². The van der Waals surface area contributed by atoms with Crippen molar-refractivity contribution in [3.63, 3.8) is 0 Å². The van der Waals surface area contributed by atoms with Gasteiger partial charge in [0.1, 0.15) is 0 Å². The van der Waals surface area contributed by atoms with Crippen LogP contribution in [-0.2, 0) is 12.8 Å². The third kappa shape index (κ3) is 2.44. The summed E-state index contributed by atoms with van der Waals surface area (Å²) in [7, 11) is 0. The number of hydrogen-bond donors (Lipinski definition) is 1. The molecule has 0 saturated heterocycles. The van der Waals surface area contributed by atoms with Gasteiger partial charge in [-0.2, -0.15) is 0 Å². The van der Waals surface area contributed by atoms with Gasteiger partial charge in [0.15, 0.2) is 0 Å². The molecule has 0 bridgehead atoms. The molecule has 92 valence electrons. The van der Waals surface area contributed by atoms with Gasteiger partial charge >= 0.3 is 0 Å². The summed E-state index contributed by atoms with van der Waals surface area (Å²) in [5.74, 6) is 0. The van der Waals surface area contributed by atoms with Crippen LogP contribution in [0, 0.1) is 0 Å². The third-order valence-corrected chi connectivity index (χ3v) is 2.91. The molecule has 0 saturated carbocycles. The molecule has 0 amide bonds. The van der Waals surface area contributed by atoms with Crippen LogP contribution in [0.4, 0.5) is 5.69 Å². The lowest BCUT2D eigenvalue weighted by Gasteiger charge is -2.03. The van der Waals surface area contributed by atoms with Crippen molar-refractivity contribution in [1.29, 1.82) is 0 Å². The molecule has 0 atom stereocenters. The van der Waals surface area contributed by atoms with Crippen molar-refractivity contribution in [3.8, 4) is 0 Å². The lowest BCUT2D eigenvalue weighted by molar-refractivity contribution is 1.02. The molecule has 2 N–H and O–H groups in total. The minimum atomic E-state index is 0.905. The van der Waals surface area contributed by atoms with Gasteiger partial charge in [0.05, 0.1) is 0 Å². The monoisotopic (exact) mass is 229 g/mol. The molecule has 2 aromatic rings. The third-order valence-electron chi connectivity index (χ3n) is 2.91. The Kier molecular flexibility index (Phi) is 5.02. The summed E-state index contributed by atoms with van der Waals surface area (Å²) < 4.78 is 0. The number of aryl methyl sites for hydroxylation is 2. The molecule has 0 heterocycles. The summed E-state index contributed by atoms with van der Waals surface area (Å²) in [6, 6.07) is 10.6. The van der Waals surface area contributed by atoms with E-state index in [9.17, 15) is 0 Å². The van der Waals surface area contributed by atoms with Gasteiger partial charge in [-0.1, -0.05) is 52.0 Å². The number of anilines is 1. The van der Waals surface area contributed by atoms with Crippen LogP contribution >= 0.6 is 0 Å². The smallest absolute Gasteiger partial charge is 0.0394 e. The predicted molar refractivity (Wildman–Crippen MR) is 78.5 cm³/mol. The Morgan fingerprint density at radius 1 is 0.824 bits per heavy atom. The second kappa shape index (κ2) is 6.29. The van der Waals surface area contributed by atoms with E-state index in [0.29, 0.717) is 0 Å². The molecule has 0 radical (unpaired) electrons. The van der Waals surface area contributed by atoms with E-state index in [1.165, 1.54) is 34.7 Å². The Morgan fingerprint density at radius 3 is 2.06 bits per heavy atom. The first-order chi connectivity index (χ1) is 8.36. The molecular formula is C16H23N. The summed E-state index contributed by atoms with van der Waals surface area (Å²) in [6.45, 7) is 8.00. The van der Waals surface area contributed by atoms with Crippen LogP contribution in [0.15, 0.2) is 30.3 Å². The molecule has 1 heteroatoms. The van der Waals surface area contributed by atoms with E-state index in [0.717, 1.165) is 5.69 Å². The van der Waals surface area contributed by atoms with E-state index >= 15 is 0 Å². The molecular weight excluding hydrogens is 206 g/mol. The van der Waals surface area contributed by atoms with Crippen LogP contribution in [-0.4, -0.2) is 0 Å². The highest BCUT2D eigenvalue weighted by atomic mass is 14.6. The van der Waals surface area contributed by atoms with E-state index in [2.05, 4.69) is 24.3 Å². The first-order valence-corrected chi connectivity index (χ1v) is 6.65. The fraction of sp³-hybridized carbons (Fsp3) is 0.375. The maximum Gasteiger partial charge on any atom is 0.0394 e. The standard InChI is InChI=1S/C12H11N.2C2H6/c13-11-7-6-9-5-4-8-2-1-3-10(11)12(8)9;2*1-2/h1-3,6-7H,4-5,13H2;2*1-2H3. The highest BCUT2D eigenvalue weighted by Crippen LogP contribution is 2.33. The Hall–Kier alpha value is -1.50. The van der Waals surface area contributed by atoms with Crippen molar-refractivity contribution in [1.82, 2.24) is 0 Å². The van der Waals surface area contributed by atoms with Gasteiger partial charge in [0, 0.05) is 11.1 Å². The number of nitrogen functional groups attached to an aromatic ring is 1. The molecule has 1 aliphatic rings. The zero-order valence-electron chi connectivity index (χ0n) is 11.4. The average molecular weight is 229 g/mol. The summed E-state index contributed by atoms with van der Waals surface area (Å²) in [5.41, 5.74) is 9.74. The molecule has 0 aliphatic heterocycles. The van der Waals surface area contributed by atoms with Crippen molar-refractivity contribution >= 4 is 16.5 Å². The predicted octanol–water partition coefficient (Wildman–Crippen LogP) is 4.57. The first kappa shape index (κ1) is 13.6. The zero-order chi connectivity index (χ0) is 12.8. The first-order valence-electron chi connectivity index (χ1n) is 6.65. The van der Waals surface area contributed by atoms with Crippen LogP contribution in [0.5, 0.6) is 0 Å². The van der Waals surface area contributed by atoms with E-state index in [-0.39, 0.29) is 0 Å². The van der Waals surface area contributed by atoms with E-state index < -0.39 is 0 Å². The number of benzene rings is 2. The minimum Gasteiger partial charge on any atom is -0.398 e. The van der Waals surface area contributed by atoms with Gasteiger partial charge in [-0.25, -0.2) is 0 Å². The van der Waals surface area contributed by atoms with Crippen molar-refractivity contribution < 1.29 is 0 Å².